The molecule has 0 bridgehead atoms. The maximum atomic E-state index is 15.0. The largest absolute Gasteiger partial charge is 0.394 e. The summed E-state index contributed by atoms with van der Waals surface area (Å²) in [6.45, 7) is 1.12. The molecule has 2 heterocycles. The van der Waals surface area contributed by atoms with Gasteiger partial charge in [-0.3, -0.25) is 4.79 Å². The number of aromatic nitrogens is 2. The van der Waals surface area contributed by atoms with E-state index in [0.717, 1.165) is 17.8 Å². The van der Waals surface area contributed by atoms with E-state index in [1.807, 2.05) is 6.92 Å². The third kappa shape index (κ3) is 3.47. The van der Waals surface area contributed by atoms with Gasteiger partial charge in [-0.1, -0.05) is 17.7 Å². The maximum Gasteiger partial charge on any atom is 0.354 e. The molecule has 0 radical (unpaired) electrons. The van der Waals surface area contributed by atoms with Crippen molar-refractivity contribution in [1.82, 2.24) is 9.55 Å². The SMILES string of the molecule is Cc1ccc(C(=O)Nc2ccn([C@]3(F)O[C@H](CO)[C@@H](O)[C@H]3O)c(=O)n2)cc1. The first kappa shape index (κ1) is 19.1. The van der Waals surface area contributed by atoms with Crippen LogP contribution in [0.5, 0.6) is 0 Å². The number of alkyl halides is 1. The van der Waals surface area contributed by atoms with Crippen LogP contribution in [-0.2, 0) is 10.7 Å². The summed E-state index contributed by atoms with van der Waals surface area (Å²) < 4.78 is 20.1. The van der Waals surface area contributed by atoms with Crippen molar-refractivity contribution < 1.29 is 29.2 Å². The van der Waals surface area contributed by atoms with Gasteiger partial charge >= 0.3 is 11.7 Å². The van der Waals surface area contributed by atoms with Crippen molar-refractivity contribution in [2.75, 3.05) is 11.9 Å². The second kappa shape index (κ2) is 7.16. The fourth-order valence-corrected chi connectivity index (χ4v) is 2.71. The van der Waals surface area contributed by atoms with Gasteiger partial charge < -0.3 is 25.4 Å². The molecule has 1 fully saturated rings. The second-order valence-corrected chi connectivity index (χ2v) is 6.17. The van der Waals surface area contributed by atoms with E-state index in [2.05, 4.69) is 10.3 Å². The molecule has 4 atom stereocenters. The molecule has 1 aliphatic rings. The minimum atomic E-state index is -3.10. The maximum absolute atomic E-state index is 15.0. The molecule has 27 heavy (non-hydrogen) atoms. The molecule has 144 valence electrons. The molecule has 10 heteroatoms. The zero-order valence-electron chi connectivity index (χ0n) is 14.2. The molecule has 0 aliphatic carbocycles. The number of amides is 1. The van der Waals surface area contributed by atoms with Gasteiger partial charge in [0.25, 0.3) is 5.91 Å². The Balaban J connectivity index is 1.83. The van der Waals surface area contributed by atoms with Crippen LogP contribution >= 0.6 is 0 Å². The Morgan fingerprint density at radius 3 is 2.56 bits per heavy atom. The molecular formula is C17H18FN3O6. The van der Waals surface area contributed by atoms with E-state index in [4.69, 9.17) is 9.84 Å². The Bertz CT molecular complexity index is 902. The Morgan fingerprint density at radius 1 is 1.33 bits per heavy atom. The Morgan fingerprint density at radius 2 is 2.00 bits per heavy atom. The van der Waals surface area contributed by atoms with Crippen molar-refractivity contribution in [1.29, 1.82) is 0 Å². The molecule has 0 spiro atoms. The lowest BCUT2D eigenvalue weighted by Gasteiger charge is -2.24. The lowest BCUT2D eigenvalue weighted by Crippen LogP contribution is -2.47. The molecular weight excluding hydrogens is 361 g/mol. The number of carbonyl (C=O) groups excluding carboxylic acids is 1. The van der Waals surface area contributed by atoms with E-state index in [-0.39, 0.29) is 5.82 Å². The van der Waals surface area contributed by atoms with Crippen LogP contribution < -0.4 is 11.0 Å². The number of nitrogens with one attached hydrogen (secondary N) is 1. The third-order valence-electron chi connectivity index (χ3n) is 4.25. The van der Waals surface area contributed by atoms with Crippen molar-refractivity contribution in [2.24, 2.45) is 0 Å². The first-order chi connectivity index (χ1) is 12.8. The predicted octanol–water partition coefficient (Wildman–Crippen LogP) is -0.503. The van der Waals surface area contributed by atoms with Crippen LogP contribution in [0.25, 0.3) is 0 Å². The summed E-state index contributed by atoms with van der Waals surface area (Å²) in [5.74, 6) is -3.74. The van der Waals surface area contributed by atoms with E-state index < -0.39 is 42.5 Å². The highest BCUT2D eigenvalue weighted by molar-refractivity contribution is 6.03. The lowest BCUT2D eigenvalue weighted by molar-refractivity contribution is -0.239. The second-order valence-electron chi connectivity index (χ2n) is 6.17. The van der Waals surface area contributed by atoms with Gasteiger partial charge in [-0.2, -0.15) is 9.37 Å². The number of benzene rings is 1. The zero-order valence-corrected chi connectivity index (χ0v) is 14.2. The summed E-state index contributed by atoms with van der Waals surface area (Å²) in [5.41, 5.74) is 0.153. The quantitative estimate of drug-likeness (QED) is 0.562. The Kier molecular flexibility index (Phi) is 5.07. The number of nitrogens with zero attached hydrogens (tertiary/aromatic N) is 2. The van der Waals surface area contributed by atoms with Gasteiger partial charge in [-0.05, 0) is 25.1 Å². The minimum Gasteiger partial charge on any atom is -0.394 e. The van der Waals surface area contributed by atoms with Gasteiger partial charge in [0.2, 0.25) is 0 Å². The average molecular weight is 379 g/mol. The number of ether oxygens (including phenoxy) is 1. The topological polar surface area (TPSA) is 134 Å². The van der Waals surface area contributed by atoms with Gasteiger partial charge in [0.15, 0.2) is 6.10 Å². The number of aryl methyl sites for hydroxylation is 1. The highest BCUT2D eigenvalue weighted by atomic mass is 19.2. The summed E-state index contributed by atoms with van der Waals surface area (Å²) in [5, 5.41) is 31.0. The summed E-state index contributed by atoms with van der Waals surface area (Å²) in [4.78, 5) is 27.9. The van der Waals surface area contributed by atoms with E-state index in [0.29, 0.717) is 10.1 Å². The van der Waals surface area contributed by atoms with E-state index >= 15 is 0 Å². The zero-order chi connectivity index (χ0) is 19.8. The van der Waals surface area contributed by atoms with Gasteiger partial charge in [0, 0.05) is 11.8 Å². The smallest absolute Gasteiger partial charge is 0.354 e. The number of anilines is 1. The molecule has 2 aromatic rings. The fraction of sp³-hybridized carbons (Fsp3) is 0.353. The van der Waals surface area contributed by atoms with Crippen LogP contribution in [-0.4, -0.2) is 55.7 Å². The van der Waals surface area contributed by atoms with E-state index in [9.17, 15) is 24.2 Å². The molecule has 4 N–H and O–H groups in total. The van der Waals surface area contributed by atoms with Crippen LogP contribution in [0.3, 0.4) is 0 Å². The molecule has 1 amide bonds. The van der Waals surface area contributed by atoms with Gasteiger partial charge in [0.05, 0.1) is 6.61 Å². The van der Waals surface area contributed by atoms with Crippen LogP contribution in [0.1, 0.15) is 15.9 Å². The van der Waals surface area contributed by atoms with Gasteiger partial charge in [-0.25, -0.2) is 9.36 Å². The first-order valence-electron chi connectivity index (χ1n) is 8.08. The highest BCUT2D eigenvalue weighted by Crippen LogP contribution is 2.35. The third-order valence-corrected chi connectivity index (χ3v) is 4.25. The van der Waals surface area contributed by atoms with Gasteiger partial charge in [0.1, 0.15) is 18.0 Å². The summed E-state index contributed by atoms with van der Waals surface area (Å²) in [7, 11) is 0. The van der Waals surface area contributed by atoms with E-state index in [1.165, 1.54) is 0 Å². The van der Waals surface area contributed by atoms with Crippen molar-refractivity contribution in [3.8, 4) is 0 Å². The normalized spacial score (nSPS) is 27.5. The summed E-state index contributed by atoms with van der Waals surface area (Å²) >= 11 is 0. The molecule has 1 aromatic heterocycles. The molecule has 9 nitrogen and oxygen atoms in total. The van der Waals surface area contributed by atoms with Crippen LogP contribution in [0, 0.1) is 6.92 Å². The fourth-order valence-electron chi connectivity index (χ4n) is 2.71. The van der Waals surface area contributed by atoms with Crippen LogP contribution in [0.2, 0.25) is 0 Å². The molecule has 0 unspecified atom stereocenters. The number of aliphatic hydroxyl groups is 3. The number of carbonyl (C=O) groups is 1. The number of hydrogen-bond donors (Lipinski definition) is 4. The molecule has 3 rings (SSSR count). The predicted molar refractivity (Wildman–Crippen MR) is 90.7 cm³/mol. The Hall–Kier alpha value is -2.66. The molecule has 0 saturated carbocycles. The number of hydrogen-bond acceptors (Lipinski definition) is 7. The van der Waals surface area contributed by atoms with E-state index in [1.54, 1.807) is 24.3 Å². The minimum absolute atomic E-state index is 0.128. The average Bonchev–Trinajstić information content (AvgIpc) is 2.86. The van der Waals surface area contributed by atoms with Crippen molar-refractivity contribution >= 4 is 11.7 Å². The summed E-state index contributed by atoms with van der Waals surface area (Å²) in [6.07, 6.45) is -4.32. The van der Waals surface area contributed by atoms with Crippen LogP contribution in [0.4, 0.5) is 10.2 Å². The van der Waals surface area contributed by atoms with Crippen molar-refractivity contribution in [2.45, 2.75) is 31.2 Å². The monoisotopic (exact) mass is 379 g/mol. The van der Waals surface area contributed by atoms with Crippen molar-refractivity contribution in [3.05, 3.63) is 58.1 Å². The van der Waals surface area contributed by atoms with Crippen molar-refractivity contribution in [3.63, 3.8) is 0 Å². The lowest BCUT2D eigenvalue weighted by atomic mass is 10.1. The van der Waals surface area contributed by atoms with Gasteiger partial charge in [-0.15, -0.1) is 0 Å². The molecule has 1 saturated heterocycles. The first-order valence-corrected chi connectivity index (χ1v) is 8.08. The number of aliphatic hydroxyl groups excluding tert-OH is 3. The molecule has 1 aromatic carbocycles. The Labute approximate surface area is 152 Å². The molecule has 1 aliphatic heterocycles. The number of rotatable bonds is 4. The highest BCUT2D eigenvalue weighted by Gasteiger charge is 2.57. The van der Waals surface area contributed by atoms with Crippen LogP contribution in [0.15, 0.2) is 41.3 Å². The number of halogens is 1. The summed E-state index contributed by atoms with van der Waals surface area (Å²) in [6, 6.07) is 7.83. The standard InChI is InChI=1S/C17H18FN3O6/c1-9-2-4-10(5-3-9)15(25)19-12-6-7-21(16(26)20-12)17(18)14(24)13(23)11(8-22)27-17/h2-7,11,13-14,22-24H,8H2,1H3,(H,19,20,25,26)/t11-,13-,14-,17+/m1/s1.